The van der Waals surface area contributed by atoms with Gasteiger partial charge in [0.2, 0.25) is 5.91 Å². The highest BCUT2D eigenvalue weighted by Gasteiger charge is 2.21. The molecule has 4 heteroatoms. The number of hydrogen-bond acceptors (Lipinski definition) is 2. The van der Waals surface area contributed by atoms with Crippen LogP contribution in [0.1, 0.15) is 12.8 Å². The molecular weight excluding hydrogens is 232 g/mol. The molecular formula is C9H9BrN2O. The quantitative estimate of drug-likeness (QED) is 0.704. The Kier molecular flexibility index (Phi) is 2.31. The van der Waals surface area contributed by atoms with Crippen molar-refractivity contribution in [3.05, 3.63) is 22.9 Å². The van der Waals surface area contributed by atoms with Crippen LogP contribution < -0.4 is 4.90 Å². The monoisotopic (exact) mass is 240 g/mol. The van der Waals surface area contributed by atoms with Gasteiger partial charge >= 0.3 is 0 Å². The molecule has 0 aliphatic carbocycles. The molecule has 1 saturated heterocycles. The zero-order valence-corrected chi connectivity index (χ0v) is 8.62. The highest BCUT2D eigenvalue weighted by molar-refractivity contribution is 9.10. The van der Waals surface area contributed by atoms with Crippen LogP contribution in [-0.2, 0) is 4.79 Å². The summed E-state index contributed by atoms with van der Waals surface area (Å²) in [7, 11) is 0. The Morgan fingerprint density at radius 3 is 2.85 bits per heavy atom. The number of halogens is 1. The molecule has 0 unspecified atom stereocenters. The summed E-state index contributed by atoms with van der Waals surface area (Å²) in [5, 5.41) is 0. The number of rotatable bonds is 1. The highest BCUT2D eigenvalue weighted by atomic mass is 79.9. The lowest BCUT2D eigenvalue weighted by Gasteiger charge is -2.14. The first-order valence-corrected chi connectivity index (χ1v) is 4.98. The average Bonchev–Trinajstić information content (AvgIpc) is 2.53. The zero-order valence-electron chi connectivity index (χ0n) is 7.03. The van der Waals surface area contributed by atoms with Gasteiger partial charge in [-0.15, -0.1) is 0 Å². The Hall–Kier alpha value is -0.900. The molecule has 3 nitrogen and oxygen atoms in total. The van der Waals surface area contributed by atoms with Crippen LogP contribution in [0, 0.1) is 0 Å². The number of carbonyl (C=O) groups is 1. The lowest BCUT2D eigenvalue weighted by atomic mass is 10.4. The number of anilines is 1. The molecule has 68 valence electrons. The first-order chi connectivity index (χ1) is 6.27. The summed E-state index contributed by atoms with van der Waals surface area (Å²) in [5.74, 6) is 0.198. The van der Waals surface area contributed by atoms with Crippen molar-refractivity contribution < 1.29 is 4.79 Å². The standard InChI is InChI=1S/C9H9BrN2O/c10-8-4-3-7(6-11-8)12-5-1-2-9(12)13/h3-4,6H,1-2,5H2. The van der Waals surface area contributed by atoms with Gasteiger partial charge in [0, 0.05) is 13.0 Å². The fourth-order valence-corrected chi connectivity index (χ4v) is 1.68. The van der Waals surface area contributed by atoms with E-state index in [0.29, 0.717) is 6.42 Å². The van der Waals surface area contributed by atoms with E-state index in [1.165, 1.54) is 0 Å². The van der Waals surface area contributed by atoms with Gasteiger partial charge in [-0.25, -0.2) is 4.98 Å². The largest absolute Gasteiger partial charge is 0.311 e. The second-order valence-electron chi connectivity index (χ2n) is 2.99. The van der Waals surface area contributed by atoms with Crippen LogP contribution in [0.2, 0.25) is 0 Å². The van der Waals surface area contributed by atoms with E-state index in [9.17, 15) is 4.79 Å². The number of amides is 1. The molecule has 0 bridgehead atoms. The van der Waals surface area contributed by atoms with Crippen molar-refractivity contribution in [2.75, 3.05) is 11.4 Å². The molecule has 1 aliphatic heterocycles. The molecule has 0 N–H and O–H groups in total. The highest BCUT2D eigenvalue weighted by Crippen LogP contribution is 2.21. The summed E-state index contributed by atoms with van der Waals surface area (Å²) in [4.78, 5) is 17.2. The lowest BCUT2D eigenvalue weighted by molar-refractivity contribution is -0.117. The van der Waals surface area contributed by atoms with Crippen molar-refractivity contribution in [3.8, 4) is 0 Å². The van der Waals surface area contributed by atoms with Gasteiger partial charge in [-0.05, 0) is 34.5 Å². The number of pyridine rings is 1. The molecule has 1 aromatic heterocycles. The third-order valence-corrected chi connectivity index (χ3v) is 2.57. The normalized spacial score (nSPS) is 16.7. The topological polar surface area (TPSA) is 33.2 Å². The maximum absolute atomic E-state index is 11.3. The van der Waals surface area contributed by atoms with E-state index in [2.05, 4.69) is 20.9 Å². The molecule has 0 atom stereocenters. The van der Waals surface area contributed by atoms with Crippen molar-refractivity contribution in [3.63, 3.8) is 0 Å². The van der Waals surface area contributed by atoms with Crippen LogP contribution in [0.3, 0.4) is 0 Å². The van der Waals surface area contributed by atoms with Gasteiger partial charge in [0.1, 0.15) is 4.60 Å². The number of aromatic nitrogens is 1. The van der Waals surface area contributed by atoms with Gasteiger partial charge in [0.25, 0.3) is 0 Å². The second kappa shape index (κ2) is 3.46. The minimum absolute atomic E-state index is 0.198. The third kappa shape index (κ3) is 1.72. The summed E-state index contributed by atoms with van der Waals surface area (Å²) in [5.41, 5.74) is 0.894. The van der Waals surface area contributed by atoms with Crippen molar-refractivity contribution >= 4 is 27.5 Å². The van der Waals surface area contributed by atoms with Crippen LogP contribution in [-0.4, -0.2) is 17.4 Å². The average molecular weight is 241 g/mol. The Bertz CT molecular complexity index is 323. The van der Waals surface area contributed by atoms with Gasteiger partial charge in [-0.1, -0.05) is 0 Å². The molecule has 1 aliphatic rings. The molecule has 1 fully saturated rings. The van der Waals surface area contributed by atoms with Crippen LogP contribution in [0.15, 0.2) is 22.9 Å². The molecule has 0 aromatic carbocycles. The lowest BCUT2D eigenvalue weighted by Crippen LogP contribution is -2.23. The van der Waals surface area contributed by atoms with Crippen molar-refractivity contribution in [2.45, 2.75) is 12.8 Å². The van der Waals surface area contributed by atoms with Crippen molar-refractivity contribution in [1.29, 1.82) is 0 Å². The maximum Gasteiger partial charge on any atom is 0.227 e. The van der Waals surface area contributed by atoms with Gasteiger partial charge < -0.3 is 4.90 Å². The Morgan fingerprint density at radius 1 is 1.46 bits per heavy atom. The predicted molar refractivity (Wildman–Crippen MR) is 53.5 cm³/mol. The van der Waals surface area contributed by atoms with E-state index in [0.717, 1.165) is 23.3 Å². The molecule has 0 radical (unpaired) electrons. The second-order valence-corrected chi connectivity index (χ2v) is 3.80. The van der Waals surface area contributed by atoms with Gasteiger partial charge in [-0.3, -0.25) is 4.79 Å². The van der Waals surface area contributed by atoms with Gasteiger partial charge in [0.15, 0.2) is 0 Å². The Balaban J connectivity index is 2.25. The first-order valence-electron chi connectivity index (χ1n) is 4.19. The molecule has 1 aromatic rings. The molecule has 0 saturated carbocycles. The van der Waals surface area contributed by atoms with Crippen molar-refractivity contribution in [2.24, 2.45) is 0 Å². The van der Waals surface area contributed by atoms with E-state index < -0.39 is 0 Å². The van der Waals surface area contributed by atoms with E-state index >= 15 is 0 Å². The van der Waals surface area contributed by atoms with Crippen LogP contribution in [0.4, 0.5) is 5.69 Å². The molecule has 0 spiro atoms. The smallest absolute Gasteiger partial charge is 0.227 e. The molecule has 2 rings (SSSR count). The fraction of sp³-hybridized carbons (Fsp3) is 0.333. The minimum Gasteiger partial charge on any atom is -0.311 e. The van der Waals surface area contributed by atoms with Gasteiger partial charge in [-0.2, -0.15) is 0 Å². The molecule has 2 heterocycles. The van der Waals surface area contributed by atoms with E-state index in [1.807, 2.05) is 12.1 Å². The number of nitrogens with zero attached hydrogens (tertiary/aromatic N) is 2. The first kappa shape index (κ1) is 8.69. The SMILES string of the molecule is O=C1CCCN1c1ccc(Br)nc1. The summed E-state index contributed by atoms with van der Waals surface area (Å²) in [6.45, 7) is 0.822. The predicted octanol–water partition coefficient (Wildman–Crippen LogP) is 1.97. The Labute approximate surface area is 84.9 Å². The Morgan fingerprint density at radius 2 is 2.31 bits per heavy atom. The van der Waals surface area contributed by atoms with Crippen LogP contribution >= 0.6 is 15.9 Å². The van der Waals surface area contributed by atoms with E-state index in [1.54, 1.807) is 11.1 Å². The van der Waals surface area contributed by atoms with E-state index in [-0.39, 0.29) is 5.91 Å². The third-order valence-electron chi connectivity index (χ3n) is 2.10. The van der Waals surface area contributed by atoms with Crippen molar-refractivity contribution in [1.82, 2.24) is 4.98 Å². The number of carbonyl (C=O) groups excluding carboxylic acids is 1. The fourth-order valence-electron chi connectivity index (χ4n) is 1.45. The summed E-state index contributed by atoms with van der Waals surface area (Å²) < 4.78 is 0.794. The van der Waals surface area contributed by atoms with Crippen LogP contribution in [0.5, 0.6) is 0 Å². The molecule has 13 heavy (non-hydrogen) atoms. The molecule has 1 amide bonds. The summed E-state index contributed by atoms with van der Waals surface area (Å²) >= 11 is 3.25. The minimum atomic E-state index is 0.198. The van der Waals surface area contributed by atoms with E-state index in [4.69, 9.17) is 0 Å². The number of hydrogen-bond donors (Lipinski definition) is 0. The zero-order chi connectivity index (χ0) is 9.26. The van der Waals surface area contributed by atoms with Gasteiger partial charge in [0.05, 0.1) is 11.9 Å². The summed E-state index contributed by atoms with van der Waals surface area (Å²) in [6.07, 6.45) is 3.33. The summed E-state index contributed by atoms with van der Waals surface area (Å²) in [6, 6.07) is 3.75. The van der Waals surface area contributed by atoms with Crippen LogP contribution in [0.25, 0.3) is 0 Å². The maximum atomic E-state index is 11.3.